The first-order valence-electron chi connectivity index (χ1n) is 7.27. The highest BCUT2D eigenvalue weighted by molar-refractivity contribution is 6.32. The van der Waals surface area contributed by atoms with Gasteiger partial charge in [-0.15, -0.1) is 17.5 Å². The van der Waals surface area contributed by atoms with Crippen molar-refractivity contribution in [3.8, 4) is 17.3 Å². The van der Waals surface area contributed by atoms with Crippen molar-refractivity contribution in [2.45, 2.75) is 26.3 Å². The lowest BCUT2D eigenvalue weighted by molar-refractivity contribution is 0.417. The van der Waals surface area contributed by atoms with E-state index in [0.29, 0.717) is 28.9 Å². The molecule has 2 heterocycles. The SMILES string of the molecule is CNC(C)Cc1noc(-c2nnn(-c3ccccc3Cl)c2C)n1.Cl. The lowest BCUT2D eigenvalue weighted by atomic mass is 10.2. The zero-order valence-corrected chi connectivity index (χ0v) is 15.1. The van der Waals surface area contributed by atoms with Crippen molar-refractivity contribution in [2.75, 3.05) is 7.05 Å². The Morgan fingerprint density at radius 3 is 2.79 bits per heavy atom. The number of nitrogens with one attached hydrogen (secondary N) is 1. The first kappa shape index (κ1) is 18.4. The highest BCUT2D eigenvalue weighted by Crippen LogP contribution is 2.25. The molecule has 0 fully saturated rings. The van der Waals surface area contributed by atoms with Crippen LogP contribution in [0.3, 0.4) is 0 Å². The maximum atomic E-state index is 6.22. The van der Waals surface area contributed by atoms with Gasteiger partial charge in [-0.3, -0.25) is 0 Å². The molecule has 1 unspecified atom stereocenters. The molecule has 2 aromatic heterocycles. The van der Waals surface area contributed by atoms with Crippen LogP contribution >= 0.6 is 24.0 Å². The third-order valence-electron chi connectivity index (χ3n) is 3.63. The molecule has 0 aliphatic rings. The number of para-hydroxylation sites is 1. The van der Waals surface area contributed by atoms with Crippen LogP contribution < -0.4 is 5.32 Å². The zero-order valence-electron chi connectivity index (χ0n) is 13.5. The molecule has 1 aromatic carbocycles. The molecule has 1 atom stereocenters. The number of likely N-dealkylation sites (N-methyl/N-ethyl adjacent to an activating group) is 1. The van der Waals surface area contributed by atoms with Gasteiger partial charge in [0.2, 0.25) is 0 Å². The average molecular weight is 369 g/mol. The van der Waals surface area contributed by atoms with E-state index >= 15 is 0 Å². The summed E-state index contributed by atoms with van der Waals surface area (Å²) in [7, 11) is 1.89. The summed E-state index contributed by atoms with van der Waals surface area (Å²) in [6.45, 7) is 3.94. The Morgan fingerprint density at radius 2 is 2.08 bits per heavy atom. The second-order valence-corrected chi connectivity index (χ2v) is 5.70. The Morgan fingerprint density at radius 1 is 1.33 bits per heavy atom. The van der Waals surface area contributed by atoms with Crippen molar-refractivity contribution < 1.29 is 4.52 Å². The van der Waals surface area contributed by atoms with Crippen molar-refractivity contribution >= 4 is 24.0 Å². The predicted octanol–water partition coefficient (Wildman–Crippen LogP) is 2.85. The van der Waals surface area contributed by atoms with E-state index in [2.05, 4.69) is 32.7 Å². The lowest BCUT2D eigenvalue weighted by Crippen LogP contribution is -2.24. The van der Waals surface area contributed by atoms with Crippen LogP contribution in [0.2, 0.25) is 5.02 Å². The Labute approximate surface area is 150 Å². The van der Waals surface area contributed by atoms with Crippen molar-refractivity contribution in [3.05, 3.63) is 40.8 Å². The van der Waals surface area contributed by atoms with Gasteiger partial charge in [0.1, 0.15) is 0 Å². The first-order valence-corrected chi connectivity index (χ1v) is 7.65. The smallest absolute Gasteiger partial charge is 0.280 e. The van der Waals surface area contributed by atoms with Crippen molar-refractivity contribution in [2.24, 2.45) is 0 Å². The number of rotatable bonds is 5. The highest BCUT2D eigenvalue weighted by atomic mass is 35.5. The molecule has 128 valence electrons. The Hall–Kier alpha value is -1.96. The fourth-order valence-electron chi connectivity index (χ4n) is 2.19. The molecule has 0 aliphatic heterocycles. The Bertz CT molecular complexity index is 816. The molecule has 0 radical (unpaired) electrons. The van der Waals surface area contributed by atoms with E-state index < -0.39 is 0 Å². The molecule has 9 heteroatoms. The number of hydrogen-bond donors (Lipinski definition) is 1. The van der Waals surface area contributed by atoms with Gasteiger partial charge in [0.05, 0.1) is 16.4 Å². The normalized spacial score (nSPS) is 12.0. The lowest BCUT2D eigenvalue weighted by Gasteiger charge is -2.05. The summed E-state index contributed by atoms with van der Waals surface area (Å²) in [4.78, 5) is 4.39. The van der Waals surface area contributed by atoms with Gasteiger partial charge in [0.15, 0.2) is 11.5 Å². The molecule has 0 saturated heterocycles. The quantitative estimate of drug-likeness (QED) is 0.745. The summed E-state index contributed by atoms with van der Waals surface area (Å²) in [5.41, 5.74) is 2.10. The van der Waals surface area contributed by atoms with Crippen molar-refractivity contribution in [3.63, 3.8) is 0 Å². The minimum atomic E-state index is 0. The van der Waals surface area contributed by atoms with E-state index in [1.165, 1.54) is 0 Å². The molecule has 24 heavy (non-hydrogen) atoms. The monoisotopic (exact) mass is 368 g/mol. The van der Waals surface area contributed by atoms with E-state index in [1.54, 1.807) is 4.68 Å². The topological polar surface area (TPSA) is 81.7 Å². The van der Waals surface area contributed by atoms with Gasteiger partial charge in [-0.1, -0.05) is 34.1 Å². The molecular formula is C15H18Cl2N6O. The molecule has 3 aromatic rings. The van der Waals surface area contributed by atoms with Gasteiger partial charge in [-0.25, -0.2) is 4.68 Å². The summed E-state index contributed by atoms with van der Waals surface area (Å²) in [5.74, 6) is 0.993. The van der Waals surface area contributed by atoms with Crippen LogP contribution in [0.25, 0.3) is 17.3 Å². The molecule has 0 bridgehead atoms. The van der Waals surface area contributed by atoms with E-state index in [-0.39, 0.29) is 18.4 Å². The predicted molar refractivity (Wildman–Crippen MR) is 93.9 cm³/mol. The number of halogens is 2. The minimum absolute atomic E-state index is 0. The fourth-order valence-corrected chi connectivity index (χ4v) is 2.40. The number of hydrogen-bond acceptors (Lipinski definition) is 6. The van der Waals surface area contributed by atoms with Gasteiger partial charge >= 0.3 is 0 Å². The second kappa shape index (κ2) is 7.74. The van der Waals surface area contributed by atoms with Crippen LogP contribution in [-0.2, 0) is 6.42 Å². The molecule has 0 aliphatic carbocycles. The molecule has 3 rings (SSSR count). The molecular weight excluding hydrogens is 351 g/mol. The van der Waals surface area contributed by atoms with Crippen LogP contribution in [-0.4, -0.2) is 38.2 Å². The molecule has 0 spiro atoms. The standard InChI is InChI=1S/C15H17ClN6O.ClH/c1-9(17-3)8-13-18-15(23-20-13)14-10(2)22(21-19-14)12-7-5-4-6-11(12)16;/h4-7,9,17H,8H2,1-3H3;1H. The van der Waals surface area contributed by atoms with E-state index in [4.69, 9.17) is 16.1 Å². The number of aromatic nitrogens is 5. The average Bonchev–Trinajstić information content (AvgIpc) is 3.14. The van der Waals surface area contributed by atoms with Crippen LogP contribution in [0.1, 0.15) is 18.4 Å². The third-order valence-corrected chi connectivity index (χ3v) is 3.95. The molecule has 0 saturated carbocycles. The van der Waals surface area contributed by atoms with Gasteiger partial charge < -0.3 is 9.84 Å². The van der Waals surface area contributed by atoms with Gasteiger partial charge in [0.25, 0.3) is 5.89 Å². The minimum Gasteiger partial charge on any atom is -0.332 e. The van der Waals surface area contributed by atoms with Crippen LogP contribution in [0.4, 0.5) is 0 Å². The third kappa shape index (κ3) is 3.58. The summed E-state index contributed by atoms with van der Waals surface area (Å²) in [6.07, 6.45) is 0.678. The Balaban J connectivity index is 0.00000208. The van der Waals surface area contributed by atoms with Crippen molar-refractivity contribution in [1.82, 2.24) is 30.5 Å². The van der Waals surface area contributed by atoms with Crippen molar-refractivity contribution in [1.29, 1.82) is 0 Å². The Kier molecular flexibility index (Phi) is 5.93. The van der Waals surface area contributed by atoms with Gasteiger partial charge in [0, 0.05) is 12.5 Å². The van der Waals surface area contributed by atoms with Crippen LogP contribution in [0.15, 0.2) is 28.8 Å². The van der Waals surface area contributed by atoms with Crippen LogP contribution in [0.5, 0.6) is 0 Å². The van der Waals surface area contributed by atoms with Gasteiger partial charge in [-0.2, -0.15) is 4.98 Å². The molecule has 7 nitrogen and oxygen atoms in total. The fraction of sp³-hybridized carbons (Fsp3) is 0.333. The number of nitrogens with zero attached hydrogens (tertiary/aromatic N) is 5. The zero-order chi connectivity index (χ0) is 16.4. The summed E-state index contributed by atoms with van der Waals surface area (Å²) in [5, 5.41) is 16.0. The summed E-state index contributed by atoms with van der Waals surface area (Å²) >= 11 is 6.22. The largest absolute Gasteiger partial charge is 0.332 e. The number of benzene rings is 1. The molecule has 1 N–H and O–H groups in total. The molecule has 0 amide bonds. The maximum Gasteiger partial charge on any atom is 0.280 e. The van der Waals surface area contributed by atoms with E-state index in [9.17, 15) is 0 Å². The second-order valence-electron chi connectivity index (χ2n) is 5.30. The summed E-state index contributed by atoms with van der Waals surface area (Å²) < 4.78 is 6.98. The van der Waals surface area contributed by atoms with E-state index in [0.717, 1.165) is 11.4 Å². The highest BCUT2D eigenvalue weighted by Gasteiger charge is 2.19. The van der Waals surface area contributed by atoms with Crippen LogP contribution in [0, 0.1) is 6.92 Å². The van der Waals surface area contributed by atoms with E-state index in [1.807, 2.05) is 38.2 Å². The van der Waals surface area contributed by atoms with Gasteiger partial charge in [-0.05, 0) is 33.0 Å². The maximum absolute atomic E-state index is 6.22. The summed E-state index contributed by atoms with van der Waals surface area (Å²) in [6, 6.07) is 7.71. The first-order chi connectivity index (χ1) is 11.1.